The molecule has 0 aliphatic rings. The van der Waals surface area contributed by atoms with E-state index in [0.29, 0.717) is 23.9 Å². The molecule has 2 N–H and O–H groups in total. The summed E-state index contributed by atoms with van der Waals surface area (Å²) in [6, 6.07) is 9.13. The van der Waals surface area contributed by atoms with Gasteiger partial charge in [-0.3, -0.25) is 4.79 Å². The second kappa shape index (κ2) is 7.40. The van der Waals surface area contributed by atoms with Crippen LogP contribution in [0.3, 0.4) is 0 Å². The Kier molecular flexibility index (Phi) is 5.30. The van der Waals surface area contributed by atoms with Gasteiger partial charge in [0.1, 0.15) is 23.1 Å². The first kappa shape index (κ1) is 15.8. The topological polar surface area (TPSA) is 76.1 Å². The molecule has 6 nitrogen and oxygen atoms in total. The Balaban J connectivity index is 2.20. The van der Waals surface area contributed by atoms with E-state index >= 15 is 0 Å². The van der Waals surface area contributed by atoms with Crippen molar-refractivity contribution in [2.75, 3.05) is 19.0 Å². The van der Waals surface area contributed by atoms with Crippen LogP contribution in [0.25, 0.3) is 0 Å². The van der Waals surface area contributed by atoms with Crippen LogP contribution in [-0.4, -0.2) is 29.5 Å². The molecule has 0 saturated heterocycles. The normalized spacial score (nSPS) is 10.1. The van der Waals surface area contributed by atoms with Crippen molar-refractivity contribution < 1.29 is 9.53 Å². The van der Waals surface area contributed by atoms with Crippen molar-refractivity contribution in [2.24, 2.45) is 0 Å². The SMILES string of the molecule is CCCNC(=O)c1cc(Nc2cccc(OC)c2)nc(C)n1. The van der Waals surface area contributed by atoms with Crippen LogP contribution >= 0.6 is 0 Å². The van der Waals surface area contributed by atoms with E-state index in [0.717, 1.165) is 17.9 Å². The van der Waals surface area contributed by atoms with E-state index in [2.05, 4.69) is 20.6 Å². The number of rotatable bonds is 6. The molecule has 0 radical (unpaired) electrons. The number of aryl methyl sites for hydroxylation is 1. The maximum atomic E-state index is 12.0. The molecule has 1 heterocycles. The Hall–Kier alpha value is -2.63. The first-order valence-corrected chi connectivity index (χ1v) is 7.17. The van der Waals surface area contributed by atoms with Gasteiger partial charge in [-0.1, -0.05) is 13.0 Å². The quantitative estimate of drug-likeness (QED) is 0.857. The third-order valence-corrected chi connectivity index (χ3v) is 2.95. The predicted molar refractivity (Wildman–Crippen MR) is 85.7 cm³/mol. The van der Waals surface area contributed by atoms with E-state index in [1.54, 1.807) is 20.1 Å². The lowest BCUT2D eigenvalue weighted by Crippen LogP contribution is -2.25. The molecule has 0 spiro atoms. The number of anilines is 2. The highest BCUT2D eigenvalue weighted by molar-refractivity contribution is 5.93. The molecule has 0 unspecified atom stereocenters. The van der Waals surface area contributed by atoms with Crippen molar-refractivity contribution in [3.63, 3.8) is 0 Å². The average Bonchev–Trinajstić information content (AvgIpc) is 2.52. The highest BCUT2D eigenvalue weighted by atomic mass is 16.5. The van der Waals surface area contributed by atoms with Gasteiger partial charge in [0.05, 0.1) is 7.11 Å². The Labute approximate surface area is 129 Å². The van der Waals surface area contributed by atoms with Crippen molar-refractivity contribution in [1.82, 2.24) is 15.3 Å². The molecule has 2 rings (SSSR count). The van der Waals surface area contributed by atoms with Crippen LogP contribution in [0.1, 0.15) is 29.7 Å². The third-order valence-electron chi connectivity index (χ3n) is 2.95. The summed E-state index contributed by atoms with van der Waals surface area (Å²) in [5, 5.41) is 5.97. The largest absolute Gasteiger partial charge is 0.497 e. The summed E-state index contributed by atoms with van der Waals surface area (Å²) in [6.45, 7) is 4.38. The molecule has 1 aromatic carbocycles. The number of hydrogen-bond donors (Lipinski definition) is 2. The minimum Gasteiger partial charge on any atom is -0.497 e. The monoisotopic (exact) mass is 300 g/mol. The highest BCUT2D eigenvalue weighted by Crippen LogP contribution is 2.20. The van der Waals surface area contributed by atoms with Crippen LogP contribution in [-0.2, 0) is 0 Å². The summed E-state index contributed by atoms with van der Waals surface area (Å²) in [7, 11) is 1.62. The number of nitrogens with one attached hydrogen (secondary N) is 2. The molecular weight excluding hydrogens is 280 g/mol. The number of methoxy groups -OCH3 is 1. The molecule has 0 atom stereocenters. The second-order valence-corrected chi connectivity index (χ2v) is 4.80. The molecule has 2 aromatic rings. The Morgan fingerprint density at radius 2 is 2.09 bits per heavy atom. The summed E-state index contributed by atoms with van der Waals surface area (Å²) >= 11 is 0. The van der Waals surface area contributed by atoms with Crippen LogP contribution in [0.15, 0.2) is 30.3 Å². The molecule has 6 heteroatoms. The van der Waals surface area contributed by atoms with Crippen molar-refractivity contribution in [2.45, 2.75) is 20.3 Å². The van der Waals surface area contributed by atoms with Gasteiger partial charge in [-0.15, -0.1) is 0 Å². The van der Waals surface area contributed by atoms with Crippen LogP contribution < -0.4 is 15.4 Å². The van der Waals surface area contributed by atoms with Gasteiger partial charge < -0.3 is 15.4 Å². The number of aromatic nitrogens is 2. The lowest BCUT2D eigenvalue weighted by Gasteiger charge is -2.10. The first-order valence-electron chi connectivity index (χ1n) is 7.17. The molecule has 0 bridgehead atoms. The summed E-state index contributed by atoms with van der Waals surface area (Å²) in [5.74, 6) is 1.66. The second-order valence-electron chi connectivity index (χ2n) is 4.80. The van der Waals surface area contributed by atoms with Crippen molar-refractivity contribution in [3.05, 3.63) is 41.9 Å². The van der Waals surface area contributed by atoms with Gasteiger partial charge in [0.2, 0.25) is 0 Å². The summed E-state index contributed by atoms with van der Waals surface area (Å²) in [6.07, 6.45) is 0.880. The minimum absolute atomic E-state index is 0.193. The van der Waals surface area contributed by atoms with Crippen LogP contribution in [0.2, 0.25) is 0 Å². The lowest BCUT2D eigenvalue weighted by atomic mass is 10.3. The van der Waals surface area contributed by atoms with Crippen molar-refractivity contribution >= 4 is 17.4 Å². The fraction of sp³-hybridized carbons (Fsp3) is 0.312. The fourth-order valence-electron chi connectivity index (χ4n) is 1.93. The van der Waals surface area contributed by atoms with Gasteiger partial charge in [-0.2, -0.15) is 0 Å². The molecule has 0 aliphatic carbocycles. The number of carbonyl (C=O) groups excluding carboxylic acids is 1. The number of benzene rings is 1. The van der Waals surface area contributed by atoms with Crippen LogP contribution in [0.5, 0.6) is 5.75 Å². The number of hydrogen-bond acceptors (Lipinski definition) is 5. The predicted octanol–water partition coefficient (Wildman–Crippen LogP) is 2.68. The van der Waals surface area contributed by atoms with Gasteiger partial charge in [-0.05, 0) is 25.5 Å². The Morgan fingerprint density at radius 3 is 2.82 bits per heavy atom. The average molecular weight is 300 g/mol. The smallest absolute Gasteiger partial charge is 0.270 e. The third kappa shape index (κ3) is 4.18. The van der Waals surface area contributed by atoms with E-state index in [-0.39, 0.29) is 5.91 Å². The van der Waals surface area contributed by atoms with Gasteiger partial charge in [-0.25, -0.2) is 9.97 Å². The number of nitrogens with zero attached hydrogens (tertiary/aromatic N) is 2. The number of ether oxygens (including phenoxy) is 1. The van der Waals surface area contributed by atoms with Gasteiger partial charge >= 0.3 is 0 Å². The minimum atomic E-state index is -0.193. The van der Waals surface area contributed by atoms with Gasteiger partial charge in [0, 0.05) is 24.4 Å². The molecule has 1 aromatic heterocycles. The van der Waals surface area contributed by atoms with Crippen LogP contribution in [0.4, 0.5) is 11.5 Å². The van der Waals surface area contributed by atoms with Gasteiger partial charge in [0.25, 0.3) is 5.91 Å². The van der Waals surface area contributed by atoms with E-state index in [9.17, 15) is 4.79 Å². The molecule has 1 amide bonds. The summed E-state index contributed by atoms with van der Waals surface area (Å²) < 4.78 is 5.19. The zero-order chi connectivity index (χ0) is 15.9. The van der Waals surface area contributed by atoms with Gasteiger partial charge in [0.15, 0.2) is 0 Å². The van der Waals surface area contributed by atoms with E-state index < -0.39 is 0 Å². The highest BCUT2D eigenvalue weighted by Gasteiger charge is 2.10. The molecule has 0 aliphatic heterocycles. The van der Waals surface area contributed by atoms with E-state index in [4.69, 9.17) is 4.74 Å². The molecule has 22 heavy (non-hydrogen) atoms. The lowest BCUT2D eigenvalue weighted by molar-refractivity contribution is 0.0948. The number of carbonyl (C=O) groups is 1. The summed E-state index contributed by atoms with van der Waals surface area (Å²) in [4.78, 5) is 20.5. The maximum Gasteiger partial charge on any atom is 0.270 e. The Bertz CT molecular complexity index is 658. The summed E-state index contributed by atoms with van der Waals surface area (Å²) in [5.41, 5.74) is 1.18. The van der Waals surface area contributed by atoms with Crippen LogP contribution in [0, 0.1) is 6.92 Å². The van der Waals surface area contributed by atoms with Crippen molar-refractivity contribution in [3.8, 4) is 5.75 Å². The fourth-order valence-corrected chi connectivity index (χ4v) is 1.93. The first-order chi connectivity index (χ1) is 10.6. The van der Waals surface area contributed by atoms with E-state index in [1.807, 2.05) is 31.2 Å². The molecule has 0 saturated carbocycles. The van der Waals surface area contributed by atoms with E-state index in [1.165, 1.54) is 0 Å². The standard InChI is InChI=1S/C16H20N4O2/c1-4-8-17-16(21)14-10-15(19-11(2)18-14)20-12-6-5-7-13(9-12)22-3/h5-7,9-10H,4,8H2,1-3H3,(H,17,21)(H,18,19,20). The maximum absolute atomic E-state index is 12.0. The number of amides is 1. The zero-order valence-corrected chi connectivity index (χ0v) is 13.0. The molecule has 0 fully saturated rings. The molecular formula is C16H20N4O2. The zero-order valence-electron chi connectivity index (χ0n) is 13.0. The molecule has 116 valence electrons. The Morgan fingerprint density at radius 1 is 1.27 bits per heavy atom. The van der Waals surface area contributed by atoms with Crippen molar-refractivity contribution in [1.29, 1.82) is 0 Å².